The number of aliphatic hydroxyl groups is 1. The van der Waals surface area contributed by atoms with Crippen LogP contribution in [0, 0.1) is 0 Å². The van der Waals surface area contributed by atoms with Gasteiger partial charge < -0.3 is 14.6 Å². The largest absolute Gasteiger partial charge is 0.396 e. The van der Waals surface area contributed by atoms with Crippen molar-refractivity contribution in [3.8, 4) is 0 Å². The molecule has 0 bridgehead atoms. The monoisotopic (exact) mass is 186 g/mol. The number of hydrogen-bond donors (Lipinski definition) is 1. The SMILES string of the molecule is C/C(=C\[C@@H]1COC(C)(C)O1)CCO. The average molecular weight is 186 g/mol. The summed E-state index contributed by atoms with van der Waals surface area (Å²) in [5.74, 6) is -0.458. The summed E-state index contributed by atoms with van der Waals surface area (Å²) < 4.78 is 11.0. The topological polar surface area (TPSA) is 38.7 Å². The quantitative estimate of drug-likeness (QED) is 0.678. The van der Waals surface area contributed by atoms with Gasteiger partial charge in [-0.1, -0.05) is 11.6 Å². The van der Waals surface area contributed by atoms with Crippen molar-refractivity contribution in [3.05, 3.63) is 11.6 Å². The van der Waals surface area contributed by atoms with Crippen molar-refractivity contribution in [1.82, 2.24) is 0 Å². The third kappa shape index (κ3) is 3.46. The molecule has 0 amide bonds. The summed E-state index contributed by atoms with van der Waals surface area (Å²) in [6, 6.07) is 0. The summed E-state index contributed by atoms with van der Waals surface area (Å²) in [6.07, 6.45) is 2.77. The van der Waals surface area contributed by atoms with Gasteiger partial charge in [-0.25, -0.2) is 0 Å². The molecule has 0 aromatic carbocycles. The molecule has 1 fully saturated rings. The van der Waals surface area contributed by atoms with Crippen LogP contribution in [0.4, 0.5) is 0 Å². The van der Waals surface area contributed by atoms with E-state index in [9.17, 15) is 0 Å². The lowest BCUT2D eigenvalue weighted by Crippen LogP contribution is -2.20. The molecule has 0 radical (unpaired) electrons. The standard InChI is InChI=1S/C10H18O3/c1-8(4-5-11)6-9-7-12-10(2,3)13-9/h6,9,11H,4-5,7H2,1-3H3/b8-6+/t9-/m1/s1. The number of hydrogen-bond acceptors (Lipinski definition) is 3. The molecular formula is C10H18O3. The van der Waals surface area contributed by atoms with E-state index in [2.05, 4.69) is 0 Å². The Hall–Kier alpha value is -0.380. The molecule has 1 rings (SSSR count). The van der Waals surface area contributed by atoms with Crippen molar-refractivity contribution in [2.45, 2.75) is 39.1 Å². The molecule has 1 atom stereocenters. The Labute approximate surface area is 79.3 Å². The van der Waals surface area contributed by atoms with Crippen molar-refractivity contribution in [3.63, 3.8) is 0 Å². The van der Waals surface area contributed by atoms with E-state index in [-0.39, 0.29) is 12.7 Å². The lowest BCUT2D eigenvalue weighted by molar-refractivity contribution is -0.133. The summed E-state index contributed by atoms with van der Waals surface area (Å²) in [7, 11) is 0. The molecule has 76 valence electrons. The molecule has 1 aliphatic rings. The van der Waals surface area contributed by atoms with Gasteiger partial charge in [-0.3, -0.25) is 0 Å². The molecule has 1 heterocycles. The van der Waals surface area contributed by atoms with E-state index in [4.69, 9.17) is 14.6 Å². The second-order valence-corrected chi connectivity index (χ2v) is 3.85. The van der Waals surface area contributed by atoms with Crippen molar-refractivity contribution in [2.24, 2.45) is 0 Å². The molecule has 0 unspecified atom stereocenters. The van der Waals surface area contributed by atoms with E-state index in [0.29, 0.717) is 13.0 Å². The zero-order valence-electron chi connectivity index (χ0n) is 8.54. The maximum Gasteiger partial charge on any atom is 0.163 e. The maximum absolute atomic E-state index is 8.70. The van der Waals surface area contributed by atoms with Gasteiger partial charge in [0.2, 0.25) is 0 Å². The van der Waals surface area contributed by atoms with E-state index in [1.807, 2.05) is 26.8 Å². The molecule has 0 aromatic rings. The van der Waals surface area contributed by atoms with Crippen molar-refractivity contribution < 1.29 is 14.6 Å². The molecule has 0 spiro atoms. The summed E-state index contributed by atoms with van der Waals surface area (Å²) in [4.78, 5) is 0. The Kier molecular flexibility index (Phi) is 3.47. The molecular weight excluding hydrogens is 168 g/mol. The van der Waals surface area contributed by atoms with Crippen LogP contribution in [0.15, 0.2) is 11.6 Å². The van der Waals surface area contributed by atoms with Crippen molar-refractivity contribution in [1.29, 1.82) is 0 Å². The van der Waals surface area contributed by atoms with Crippen LogP contribution in [-0.4, -0.2) is 30.2 Å². The van der Waals surface area contributed by atoms with Crippen molar-refractivity contribution >= 4 is 0 Å². The predicted octanol–water partition coefficient (Wildman–Crippen LogP) is 1.47. The van der Waals surface area contributed by atoms with Crippen LogP contribution in [0.5, 0.6) is 0 Å². The number of aliphatic hydroxyl groups excluding tert-OH is 1. The summed E-state index contributed by atoms with van der Waals surface area (Å²) >= 11 is 0. The van der Waals surface area contributed by atoms with Gasteiger partial charge in [0.15, 0.2) is 5.79 Å². The minimum atomic E-state index is -0.458. The Balaban J connectivity index is 2.43. The Morgan fingerprint density at radius 2 is 2.31 bits per heavy atom. The molecule has 0 aromatic heterocycles. The Morgan fingerprint density at radius 1 is 1.62 bits per heavy atom. The molecule has 3 nitrogen and oxygen atoms in total. The predicted molar refractivity (Wildman–Crippen MR) is 50.4 cm³/mol. The first kappa shape index (κ1) is 10.7. The van der Waals surface area contributed by atoms with Gasteiger partial charge in [0.25, 0.3) is 0 Å². The van der Waals surface area contributed by atoms with Crippen LogP contribution in [0.25, 0.3) is 0 Å². The van der Waals surface area contributed by atoms with Crippen LogP contribution >= 0.6 is 0 Å². The van der Waals surface area contributed by atoms with Crippen LogP contribution in [0.3, 0.4) is 0 Å². The highest BCUT2D eigenvalue weighted by molar-refractivity contribution is 5.03. The minimum absolute atomic E-state index is 0.0431. The molecule has 13 heavy (non-hydrogen) atoms. The molecule has 1 N–H and O–H groups in total. The first-order valence-electron chi connectivity index (χ1n) is 4.63. The van der Waals surface area contributed by atoms with Gasteiger partial charge >= 0.3 is 0 Å². The van der Waals surface area contributed by atoms with Crippen LogP contribution in [0.2, 0.25) is 0 Å². The van der Waals surface area contributed by atoms with E-state index in [0.717, 1.165) is 5.57 Å². The molecule has 0 saturated carbocycles. The Bertz CT molecular complexity index is 196. The lowest BCUT2D eigenvalue weighted by Gasteiger charge is -2.15. The zero-order chi connectivity index (χ0) is 9.90. The number of rotatable bonds is 3. The highest BCUT2D eigenvalue weighted by atomic mass is 16.7. The molecule has 3 heteroatoms. The fraction of sp³-hybridized carbons (Fsp3) is 0.800. The van der Waals surface area contributed by atoms with Crippen LogP contribution < -0.4 is 0 Å². The normalized spacial score (nSPS) is 28.0. The zero-order valence-corrected chi connectivity index (χ0v) is 8.54. The lowest BCUT2D eigenvalue weighted by atomic mass is 10.2. The second kappa shape index (κ2) is 4.22. The molecule has 0 aliphatic carbocycles. The van der Waals surface area contributed by atoms with Gasteiger partial charge in [0, 0.05) is 6.61 Å². The van der Waals surface area contributed by atoms with Crippen LogP contribution in [-0.2, 0) is 9.47 Å². The van der Waals surface area contributed by atoms with E-state index >= 15 is 0 Å². The summed E-state index contributed by atoms with van der Waals surface area (Å²) in [5.41, 5.74) is 1.15. The van der Waals surface area contributed by atoms with Gasteiger partial charge in [0.05, 0.1) is 6.61 Å². The highest BCUT2D eigenvalue weighted by Gasteiger charge is 2.31. The van der Waals surface area contributed by atoms with E-state index < -0.39 is 5.79 Å². The van der Waals surface area contributed by atoms with Gasteiger partial charge in [-0.15, -0.1) is 0 Å². The fourth-order valence-corrected chi connectivity index (χ4v) is 1.37. The first-order chi connectivity index (χ1) is 6.03. The fourth-order valence-electron chi connectivity index (χ4n) is 1.37. The molecule has 1 saturated heterocycles. The van der Waals surface area contributed by atoms with Crippen molar-refractivity contribution in [2.75, 3.05) is 13.2 Å². The average Bonchev–Trinajstić information content (AvgIpc) is 2.30. The van der Waals surface area contributed by atoms with Gasteiger partial charge in [-0.2, -0.15) is 0 Å². The molecule has 1 aliphatic heterocycles. The third-order valence-corrected chi connectivity index (χ3v) is 2.01. The van der Waals surface area contributed by atoms with E-state index in [1.165, 1.54) is 0 Å². The highest BCUT2D eigenvalue weighted by Crippen LogP contribution is 2.23. The third-order valence-electron chi connectivity index (χ3n) is 2.01. The van der Waals surface area contributed by atoms with Crippen LogP contribution in [0.1, 0.15) is 27.2 Å². The minimum Gasteiger partial charge on any atom is -0.396 e. The maximum atomic E-state index is 8.70. The van der Waals surface area contributed by atoms with Gasteiger partial charge in [0.1, 0.15) is 6.10 Å². The summed E-state index contributed by atoms with van der Waals surface area (Å²) in [6.45, 7) is 6.60. The second-order valence-electron chi connectivity index (χ2n) is 3.85. The van der Waals surface area contributed by atoms with E-state index in [1.54, 1.807) is 0 Å². The first-order valence-corrected chi connectivity index (χ1v) is 4.63. The number of ether oxygens (including phenoxy) is 2. The van der Waals surface area contributed by atoms with Gasteiger partial charge in [-0.05, 0) is 27.2 Å². The Morgan fingerprint density at radius 3 is 2.77 bits per heavy atom. The smallest absolute Gasteiger partial charge is 0.163 e. The summed E-state index contributed by atoms with van der Waals surface area (Å²) in [5, 5.41) is 8.70.